The van der Waals surface area contributed by atoms with Gasteiger partial charge in [0, 0.05) is 29.8 Å². The fourth-order valence-corrected chi connectivity index (χ4v) is 2.58. The Kier molecular flexibility index (Phi) is 2.59. The van der Waals surface area contributed by atoms with E-state index in [0.29, 0.717) is 6.04 Å². The van der Waals surface area contributed by atoms with Crippen molar-refractivity contribution in [3.8, 4) is 0 Å². The number of hydrogen-bond acceptors (Lipinski definition) is 2. The first-order chi connectivity index (χ1) is 7.00. The van der Waals surface area contributed by atoms with E-state index in [-0.39, 0.29) is 5.41 Å². The minimum Gasteiger partial charge on any atom is -0.310 e. The summed E-state index contributed by atoms with van der Waals surface area (Å²) in [6.45, 7) is 7.90. The summed E-state index contributed by atoms with van der Waals surface area (Å²) < 4.78 is 2.02. The van der Waals surface area contributed by atoms with Gasteiger partial charge in [0.05, 0.1) is 6.20 Å². The lowest BCUT2D eigenvalue weighted by atomic mass is 9.87. The Morgan fingerprint density at radius 1 is 1.47 bits per heavy atom. The molecule has 1 saturated heterocycles. The van der Waals surface area contributed by atoms with Crippen molar-refractivity contribution >= 4 is 0 Å². The molecule has 0 radical (unpaired) electrons. The van der Waals surface area contributed by atoms with Crippen molar-refractivity contribution in [3.63, 3.8) is 0 Å². The number of aryl methyl sites for hydroxylation is 1. The highest BCUT2D eigenvalue weighted by molar-refractivity contribution is 5.28. The van der Waals surface area contributed by atoms with Crippen LogP contribution in [-0.4, -0.2) is 16.3 Å². The third kappa shape index (κ3) is 1.93. The Balaban J connectivity index is 2.39. The predicted octanol–water partition coefficient (Wildman–Crippen LogP) is 2.14. The van der Waals surface area contributed by atoms with Gasteiger partial charge in [-0.25, -0.2) is 0 Å². The van der Waals surface area contributed by atoms with Gasteiger partial charge in [0.25, 0.3) is 0 Å². The van der Waals surface area contributed by atoms with E-state index in [1.54, 1.807) is 0 Å². The largest absolute Gasteiger partial charge is 0.310 e. The summed E-state index contributed by atoms with van der Waals surface area (Å²) in [4.78, 5) is 0. The fraction of sp³-hybridized carbons (Fsp3) is 0.750. The highest BCUT2D eigenvalue weighted by atomic mass is 15.3. The summed E-state index contributed by atoms with van der Waals surface area (Å²) in [6.07, 6.45) is 4.56. The van der Waals surface area contributed by atoms with E-state index in [4.69, 9.17) is 0 Å². The fourth-order valence-electron chi connectivity index (χ4n) is 2.58. The quantitative estimate of drug-likeness (QED) is 0.764. The summed E-state index contributed by atoms with van der Waals surface area (Å²) in [7, 11) is 2.04. The smallest absolute Gasteiger partial charge is 0.0540 e. The van der Waals surface area contributed by atoms with Gasteiger partial charge in [0.1, 0.15) is 0 Å². The first kappa shape index (κ1) is 10.7. The maximum atomic E-state index is 4.40. The van der Waals surface area contributed by atoms with Crippen LogP contribution >= 0.6 is 0 Å². The standard InChI is InChI=1S/C12H21N3/c1-12(2,3)11-9(8-14-15(11)4)10-6-5-7-13-10/h8,10,13H,5-7H2,1-4H3. The molecular weight excluding hydrogens is 186 g/mol. The summed E-state index contributed by atoms with van der Waals surface area (Å²) in [6, 6.07) is 0.521. The van der Waals surface area contributed by atoms with Gasteiger partial charge >= 0.3 is 0 Å². The monoisotopic (exact) mass is 207 g/mol. The minimum absolute atomic E-state index is 0.171. The van der Waals surface area contributed by atoms with E-state index < -0.39 is 0 Å². The van der Waals surface area contributed by atoms with Gasteiger partial charge in [-0.3, -0.25) is 4.68 Å². The molecule has 0 saturated carbocycles. The van der Waals surface area contributed by atoms with Crippen LogP contribution in [0.1, 0.15) is 50.9 Å². The normalized spacial score (nSPS) is 22.3. The molecule has 15 heavy (non-hydrogen) atoms. The number of nitrogens with zero attached hydrogens (tertiary/aromatic N) is 2. The molecule has 1 aromatic heterocycles. The number of nitrogens with one attached hydrogen (secondary N) is 1. The second-order valence-electron chi connectivity index (χ2n) is 5.47. The molecule has 1 aromatic rings. The maximum absolute atomic E-state index is 4.40. The molecule has 2 rings (SSSR count). The zero-order valence-corrected chi connectivity index (χ0v) is 10.2. The second kappa shape index (κ2) is 3.63. The van der Waals surface area contributed by atoms with E-state index in [1.165, 1.54) is 24.1 Å². The van der Waals surface area contributed by atoms with Crippen molar-refractivity contribution in [2.24, 2.45) is 7.05 Å². The van der Waals surface area contributed by atoms with E-state index in [2.05, 4.69) is 31.2 Å². The summed E-state index contributed by atoms with van der Waals surface area (Å²) in [5, 5.41) is 7.95. The van der Waals surface area contributed by atoms with Gasteiger partial charge in [-0.15, -0.1) is 0 Å². The van der Waals surface area contributed by atoms with Gasteiger partial charge in [-0.2, -0.15) is 5.10 Å². The van der Waals surface area contributed by atoms with Crippen molar-refractivity contribution < 1.29 is 0 Å². The van der Waals surface area contributed by atoms with Gasteiger partial charge < -0.3 is 5.32 Å². The SMILES string of the molecule is Cn1ncc(C2CCCN2)c1C(C)(C)C. The van der Waals surface area contributed by atoms with Crippen molar-refractivity contribution in [1.82, 2.24) is 15.1 Å². The van der Waals surface area contributed by atoms with E-state index >= 15 is 0 Å². The minimum atomic E-state index is 0.171. The molecule has 1 unspecified atom stereocenters. The third-order valence-electron chi connectivity index (χ3n) is 3.11. The molecule has 0 amide bonds. The first-order valence-electron chi connectivity index (χ1n) is 5.76. The van der Waals surface area contributed by atoms with Gasteiger partial charge in [-0.05, 0) is 19.4 Å². The molecule has 0 aliphatic carbocycles. The predicted molar refractivity (Wildman–Crippen MR) is 61.9 cm³/mol. The Labute approximate surface area is 91.9 Å². The lowest BCUT2D eigenvalue weighted by Gasteiger charge is -2.23. The Bertz CT molecular complexity index is 340. The average Bonchev–Trinajstić information content (AvgIpc) is 2.68. The van der Waals surface area contributed by atoms with Crippen molar-refractivity contribution in [1.29, 1.82) is 0 Å². The molecule has 3 nitrogen and oxygen atoms in total. The Morgan fingerprint density at radius 2 is 2.20 bits per heavy atom. The van der Waals surface area contributed by atoms with Crippen LogP contribution < -0.4 is 5.32 Å². The first-order valence-corrected chi connectivity index (χ1v) is 5.76. The maximum Gasteiger partial charge on any atom is 0.0540 e. The van der Waals surface area contributed by atoms with Crippen molar-refractivity contribution in [2.45, 2.75) is 45.1 Å². The highest BCUT2D eigenvalue weighted by Gasteiger charge is 2.28. The van der Waals surface area contributed by atoms with Crippen LogP contribution in [0.5, 0.6) is 0 Å². The molecule has 1 atom stereocenters. The molecule has 1 N–H and O–H groups in total. The molecule has 3 heteroatoms. The lowest BCUT2D eigenvalue weighted by Crippen LogP contribution is -2.22. The second-order valence-corrected chi connectivity index (χ2v) is 5.47. The molecule has 1 aliphatic heterocycles. The van der Waals surface area contributed by atoms with Gasteiger partial charge in [0.2, 0.25) is 0 Å². The zero-order valence-electron chi connectivity index (χ0n) is 10.2. The number of aromatic nitrogens is 2. The van der Waals surface area contributed by atoms with E-state index in [9.17, 15) is 0 Å². The average molecular weight is 207 g/mol. The van der Waals surface area contributed by atoms with E-state index in [1.807, 2.05) is 17.9 Å². The van der Waals surface area contributed by atoms with Crippen LogP contribution in [0.3, 0.4) is 0 Å². The van der Waals surface area contributed by atoms with Crippen LogP contribution in [0.4, 0.5) is 0 Å². The van der Waals surface area contributed by atoms with Crippen LogP contribution in [0, 0.1) is 0 Å². The van der Waals surface area contributed by atoms with Gasteiger partial charge in [-0.1, -0.05) is 20.8 Å². The molecular formula is C12H21N3. The molecule has 84 valence electrons. The van der Waals surface area contributed by atoms with Crippen molar-refractivity contribution in [3.05, 3.63) is 17.5 Å². The topological polar surface area (TPSA) is 29.9 Å². The summed E-state index contributed by atoms with van der Waals surface area (Å²) in [5.74, 6) is 0. The van der Waals surface area contributed by atoms with Crippen LogP contribution in [0.2, 0.25) is 0 Å². The van der Waals surface area contributed by atoms with E-state index in [0.717, 1.165) is 6.54 Å². The van der Waals surface area contributed by atoms with Crippen LogP contribution in [0.25, 0.3) is 0 Å². The summed E-state index contributed by atoms with van der Waals surface area (Å²) in [5.41, 5.74) is 2.93. The molecule has 0 bridgehead atoms. The molecule has 0 aromatic carbocycles. The van der Waals surface area contributed by atoms with Crippen molar-refractivity contribution in [2.75, 3.05) is 6.54 Å². The molecule has 1 aliphatic rings. The Morgan fingerprint density at radius 3 is 2.73 bits per heavy atom. The lowest BCUT2D eigenvalue weighted by molar-refractivity contribution is 0.505. The third-order valence-corrected chi connectivity index (χ3v) is 3.11. The van der Waals surface area contributed by atoms with Crippen LogP contribution in [-0.2, 0) is 12.5 Å². The number of rotatable bonds is 1. The van der Waals surface area contributed by atoms with Crippen LogP contribution in [0.15, 0.2) is 6.20 Å². The highest BCUT2D eigenvalue weighted by Crippen LogP contribution is 2.32. The number of hydrogen-bond donors (Lipinski definition) is 1. The Hall–Kier alpha value is -0.830. The molecule has 2 heterocycles. The summed E-state index contributed by atoms with van der Waals surface area (Å²) >= 11 is 0. The zero-order chi connectivity index (χ0) is 11.1. The van der Waals surface area contributed by atoms with Gasteiger partial charge in [0.15, 0.2) is 0 Å². The molecule has 1 fully saturated rings. The molecule has 0 spiro atoms.